The molecule has 1 aliphatic heterocycles. The topological polar surface area (TPSA) is 75.7 Å². The van der Waals surface area contributed by atoms with Crippen LogP contribution in [0.5, 0.6) is 0 Å². The zero-order chi connectivity index (χ0) is 18.7. The van der Waals surface area contributed by atoms with Gasteiger partial charge in [0.05, 0.1) is 23.6 Å². The first kappa shape index (κ1) is 18.8. The van der Waals surface area contributed by atoms with E-state index in [0.29, 0.717) is 24.7 Å². The number of carbonyl (C=O) groups is 1. The number of piperazine rings is 1. The maximum absolute atomic E-state index is 13.2. The first-order valence-corrected chi connectivity index (χ1v) is 9.92. The number of hydrogen-bond acceptors (Lipinski definition) is 5. The minimum absolute atomic E-state index is 0.0550. The van der Waals surface area contributed by atoms with Crippen LogP contribution in [0.4, 0.5) is 0 Å². The van der Waals surface area contributed by atoms with Crippen molar-refractivity contribution in [2.45, 2.75) is 10.9 Å². The predicted molar refractivity (Wildman–Crippen MR) is 98.7 cm³/mol. The molecule has 0 bridgehead atoms. The molecule has 3 rings (SSSR count). The predicted octanol–water partition coefficient (Wildman–Crippen LogP) is 2.46. The SMILES string of the molecule is COC(=O)c1cccc(S(=O)(=O)N2CCNCC2c2ccccc2Cl)c1. The number of halogens is 1. The van der Waals surface area contributed by atoms with Crippen molar-refractivity contribution in [1.29, 1.82) is 0 Å². The molecule has 2 aromatic rings. The van der Waals surface area contributed by atoms with Crippen LogP contribution in [0.2, 0.25) is 5.02 Å². The Bertz CT molecular complexity index is 917. The molecule has 1 heterocycles. The fourth-order valence-corrected chi connectivity index (χ4v) is 4.93. The maximum Gasteiger partial charge on any atom is 0.337 e. The number of esters is 1. The Hall–Kier alpha value is -1.93. The standard InChI is InChI=1S/C18H19ClN2O4S/c1-25-18(22)13-5-4-6-14(11-13)26(23,24)21-10-9-20-12-17(21)15-7-2-3-8-16(15)19/h2-8,11,17,20H,9-10,12H2,1H3. The number of nitrogens with one attached hydrogen (secondary N) is 1. The summed E-state index contributed by atoms with van der Waals surface area (Å²) in [5.74, 6) is -0.579. The van der Waals surface area contributed by atoms with Crippen molar-refractivity contribution in [3.8, 4) is 0 Å². The molecule has 1 fully saturated rings. The number of ether oxygens (including phenoxy) is 1. The van der Waals surface area contributed by atoms with Crippen LogP contribution in [0.15, 0.2) is 53.4 Å². The zero-order valence-corrected chi connectivity index (χ0v) is 15.8. The Morgan fingerprint density at radius 1 is 1.23 bits per heavy atom. The van der Waals surface area contributed by atoms with E-state index in [4.69, 9.17) is 11.6 Å². The van der Waals surface area contributed by atoms with Gasteiger partial charge in [0.2, 0.25) is 10.0 Å². The Kier molecular flexibility index (Phi) is 5.62. The van der Waals surface area contributed by atoms with Gasteiger partial charge in [0.1, 0.15) is 0 Å². The van der Waals surface area contributed by atoms with Gasteiger partial charge >= 0.3 is 5.97 Å². The maximum atomic E-state index is 13.2. The molecule has 0 aromatic heterocycles. The monoisotopic (exact) mass is 394 g/mol. The molecule has 1 unspecified atom stereocenters. The van der Waals surface area contributed by atoms with Gasteiger partial charge in [-0.1, -0.05) is 35.9 Å². The summed E-state index contributed by atoms with van der Waals surface area (Å²) < 4.78 is 32.6. The highest BCUT2D eigenvalue weighted by Gasteiger charge is 2.35. The molecule has 2 aromatic carbocycles. The van der Waals surface area contributed by atoms with Crippen LogP contribution in [-0.2, 0) is 14.8 Å². The summed E-state index contributed by atoms with van der Waals surface area (Å²) in [6, 6.07) is 12.7. The van der Waals surface area contributed by atoms with Gasteiger partial charge in [-0.15, -0.1) is 0 Å². The third-order valence-corrected chi connectivity index (χ3v) is 6.57. The van der Waals surface area contributed by atoms with Crippen LogP contribution in [0.1, 0.15) is 22.0 Å². The number of nitrogens with zero attached hydrogens (tertiary/aromatic N) is 1. The summed E-state index contributed by atoms with van der Waals surface area (Å²) in [6.07, 6.45) is 0. The van der Waals surface area contributed by atoms with E-state index in [2.05, 4.69) is 10.1 Å². The third kappa shape index (κ3) is 3.61. The first-order valence-electron chi connectivity index (χ1n) is 8.10. The van der Waals surface area contributed by atoms with Crippen molar-refractivity contribution < 1.29 is 17.9 Å². The summed E-state index contributed by atoms with van der Waals surface area (Å²) >= 11 is 6.29. The van der Waals surface area contributed by atoms with Crippen LogP contribution in [0.25, 0.3) is 0 Å². The van der Waals surface area contributed by atoms with E-state index in [0.717, 1.165) is 5.56 Å². The summed E-state index contributed by atoms with van der Waals surface area (Å²) in [5, 5.41) is 3.73. The van der Waals surface area contributed by atoms with E-state index in [9.17, 15) is 13.2 Å². The molecule has 0 spiro atoms. The molecular weight excluding hydrogens is 376 g/mol. The molecule has 26 heavy (non-hydrogen) atoms. The zero-order valence-electron chi connectivity index (χ0n) is 14.2. The smallest absolute Gasteiger partial charge is 0.337 e. The minimum Gasteiger partial charge on any atom is -0.465 e. The van der Waals surface area contributed by atoms with Crippen LogP contribution < -0.4 is 5.32 Å². The van der Waals surface area contributed by atoms with E-state index in [-0.39, 0.29) is 10.5 Å². The number of rotatable bonds is 4. The highest BCUT2D eigenvalue weighted by molar-refractivity contribution is 7.89. The Morgan fingerprint density at radius 2 is 2.00 bits per heavy atom. The van der Waals surface area contributed by atoms with Crippen molar-refractivity contribution in [2.75, 3.05) is 26.7 Å². The summed E-state index contributed by atoms with van der Waals surface area (Å²) in [5.41, 5.74) is 0.937. The van der Waals surface area contributed by atoms with Gasteiger partial charge in [-0.05, 0) is 29.8 Å². The van der Waals surface area contributed by atoms with Crippen molar-refractivity contribution in [2.24, 2.45) is 0 Å². The van der Waals surface area contributed by atoms with Crippen LogP contribution in [0.3, 0.4) is 0 Å². The Labute approximate surface area is 157 Å². The average Bonchev–Trinajstić information content (AvgIpc) is 2.68. The molecular formula is C18H19ClN2O4S. The van der Waals surface area contributed by atoms with Crippen molar-refractivity contribution >= 4 is 27.6 Å². The molecule has 1 N–H and O–H groups in total. The molecule has 0 amide bonds. The molecule has 6 nitrogen and oxygen atoms in total. The van der Waals surface area contributed by atoms with Gasteiger partial charge in [0.15, 0.2) is 0 Å². The second kappa shape index (κ2) is 7.75. The number of sulfonamides is 1. The van der Waals surface area contributed by atoms with Crippen LogP contribution in [0, 0.1) is 0 Å². The Balaban J connectivity index is 2.02. The molecule has 138 valence electrons. The third-order valence-electron chi connectivity index (χ3n) is 4.32. The number of benzene rings is 2. The number of methoxy groups -OCH3 is 1. The molecule has 1 aliphatic rings. The summed E-state index contributed by atoms with van der Waals surface area (Å²) in [7, 11) is -2.56. The largest absolute Gasteiger partial charge is 0.465 e. The van der Waals surface area contributed by atoms with Gasteiger partial charge in [-0.25, -0.2) is 13.2 Å². The van der Waals surface area contributed by atoms with Crippen LogP contribution in [-0.4, -0.2) is 45.4 Å². The van der Waals surface area contributed by atoms with Gasteiger partial charge in [0.25, 0.3) is 0 Å². The number of hydrogen-bond donors (Lipinski definition) is 1. The lowest BCUT2D eigenvalue weighted by Gasteiger charge is -2.35. The van der Waals surface area contributed by atoms with Crippen molar-refractivity contribution in [3.63, 3.8) is 0 Å². The fourth-order valence-electron chi connectivity index (χ4n) is 3.02. The van der Waals surface area contributed by atoms with Crippen molar-refractivity contribution in [1.82, 2.24) is 9.62 Å². The van der Waals surface area contributed by atoms with E-state index in [1.54, 1.807) is 12.1 Å². The lowest BCUT2D eigenvalue weighted by molar-refractivity contribution is 0.0600. The van der Waals surface area contributed by atoms with E-state index in [1.165, 1.54) is 35.7 Å². The van der Waals surface area contributed by atoms with Gasteiger partial charge < -0.3 is 10.1 Å². The molecule has 1 atom stereocenters. The number of carbonyl (C=O) groups excluding carboxylic acids is 1. The van der Waals surface area contributed by atoms with Gasteiger partial charge in [0, 0.05) is 24.7 Å². The van der Waals surface area contributed by atoms with E-state index >= 15 is 0 Å². The average molecular weight is 395 g/mol. The minimum atomic E-state index is -3.81. The molecule has 0 aliphatic carbocycles. The van der Waals surface area contributed by atoms with Gasteiger partial charge in [-0.2, -0.15) is 4.31 Å². The molecule has 0 saturated carbocycles. The summed E-state index contributed by atoms with van der Waals surface area (Å²) in [6.45, 7) is 1.30. The highest BCUT2D eigenvalue weighted by Crippen LogP contribution is 2.32. The highest BCUT2D eigenvalue weighted by atomic mass is 35.5. The van der Waals surface area contributed by atoms with E-state index in [1.807, 2.05) is 12.1 Å². The second-order valence-corrected chi connectivity index (χ2v) is 8.17. The van der Waals surface area contributed by atoms with E-state index < -0.39 is 22.0 Å². The second-order valence-electron chi connectivity index (χ2n) is 5.88. The molecule has 1 saturated heterocycles. The lowest BCUT2D eigenvalue weighted by atomic mass is 10.1. The summed E-state index contributed by atoms with van der Waals surface area (Å²) in [4.78, 5) is 11.8. The molecule has 0 radical (unpaired) electrons. The quantitative estimate of drug-likeness (QED) is 0.806. The lowest BCUT2D eigenvalue weighted by Crippen LogP contribution is -2.48. The molecule has 8 heteroatoms. The van der Waals surface area contributed by atoms with Crippen LogP contribution >= 0.6 is 11.6 Å². The first-order chi connectivity index (χ1) is 12.4. The Morgan fingerprint density at radius 3 is 2.73 bits per heavy atom. The fraction of sp³-hybridized carbons (Fsp3) is 0.278. The normalized spacial score (nSPS) is 18.5. The van der Waals surface area contributed by atoms with Crippen molar-refractivity contribution in [3.05, 3.63) is 64.7 Å². The van der Waals surface area contributed by atoms with Gasteiger partial charge in [-0.3, -0.25) is 0 Å².